The van der Waals surface area contributed by atoms with E-state index in [-0.39, 0.29) is 11.6 Å². The second-order valence-corrected chi connectivity index (χ2v) is 6.24. The number of hydrogen-bond donors (Lipinski definition) is 2. The zero-order valence-electron chi connectivity index (χ0n) is 12.1. The minimum atomic E-state index is -0.147. The third-order valence-electron chi connectivity index (χ3n) is 3.55. The molecule has 0 heterocycles. The van der Waals surface area contributed by atoms with E-state index in [9.17, 15) is 0 Å². The lowest BCUT2D eigenvalue weighted by atomic mass is 9.93. The van der Waals surface area contributed by atoms with Crippen LogP contribution in [-0.4, -0.2) is 5.54 Å². The second kappa shape index (κ2) is 5.32. The molecule has 0 aliphatic rings. The summed E-state index contributed by atoms with van der Waals surface area (Å²) in [5, 5.41) is 2.53. The van der Waals surface area contributed by atoms with Gasteiger partial charge in [0.2, 0.25) is 0 Å². The number of fused-ring (bicyclic) bond motifs is 1. The molecule has 0 amide bonds. The number of aryl methyl sites for hydroxylation is 1. The normalized spacial score (nSPS) is 13.7. The molecule has 1 atom stereocenters. The predicted molar refractivity (Wildman–Crippen MR) is 83.1 cm³/mol. The zero-order valence-corrected chi connectivity index (χ0v) is 12.1. The molecule has 2 heteroatoms. The van der Waals surface area contributed by atoms with Crippen LogP contribution in [0.4, 0.5) is 0 Å². The lowest BCUT2D eigenvalue weighted by molar-refractivity contribution is 0.433. The highest BCUT2D eigenvalue weighted by atomic mass is 14.7. The van der Waals surface area contributed by atoms with Crippen molar-refractivity contribution in [1.82, 2.24) is 0 Å². The van der Waals surface area contributed by atoms with Gasteiger partial charge in [0.05, 0.1) is 0 Å². The van der Waals surface area contributed by atoms with Gasteiger partial charge in [0, 0.05) is 11.6 Å². The number of hydrogen-bond acceptors (Lipinski definition) is 2. The molecule has 0 aliphatic heterocycles. The van der Waals surface area contributed by atoms with E-state index in [1.807, 2.05) is 13.8 Å². The van der Waals surface area contributed by atoms with Gasteiger partial charge in [0.1, 0.15) is 0 Å². The molecule has 0 fully saturated rings. The standard InChI is InChI=1S/C17H24N2/c1-12-4-5-14-11-15(7-6-13(14)10-12)16(18)8-9-17(2,3)19/h4-7,10-11,16H,8-9,18-19H2,1-3H3. The minimum Gasteiger partial charge on any atom is -0.326 e. The zero-order chi connectivity index (χ0) is 14.0. The molecule has 2 nitrogen and oxygen atoms in total. The summed E-state index contributed by atoms with van der Waals surface area (Å²) in [5.74, 6) is 0. The van der Waals surface area contributed by atoms with Crippen LogP contribution in [0.1, 0.15) is 43.9 Å². The fourth-order valence-corrected chi connectivity index (χ4v) is 2.31. The summed E-state index contributed by atoms with van der Waals surface area (Å²) in [6, 6.07) is 13.1. The summed E-state index contributed by atoms with van der Waals surface area (Å²) in [5.41, 5.74) is 14.6. The maximum atomic E-state index is 6.27. The van der Waals surface area contributed by atoms with E-state index in [0.29, 0.717) is 0 Å². The van der Waals surface area contributed by atoms with Crippen LogP contribution < -0.4 is 11.5 Å². The van der Waals surface area contributed by atoms with E-state index >= 15 is 0 Å². The Morgan fingerprint density at radius 2 is 1.68 bits per heavy atom. The Morgan fingerprint density at radius 3 is 2.37 bits per heavy atom. The van der Waals surface area contributed by atoms with E-state index < -0.39 is 0 Å². The van der Waals surface area contributed by atoms with Crippen molar-refractivity contribution in [3.63, 3.8) is 0 Å². The molecule has 2 aromatic rings. The lowest BCUT2D eigenvalue weighted by Crippen LogP contribution is -2.32. The topological polar surface area (TPSA) is 52.0 Å². The molecule has 19 heavy (non-hydrogen) atoms. The fraction of sp³-hybridized carbons (Fsp3) is 0.412. The summed E-state index contributed by atoms with van der Waals surface area (Å²) < 4.78 is 0. The maximum absolute atomic E-state index is 6.27. The van der Waals surface area contributed by atoms with Crippen LogP contribution in [0.2, 0.25) is 0 Å². The van der Waals surface area contributed by atoms with Gasteiger partial charge in [-0.3, -0.25) is 0 Å². The summed E-state index contributed by atoms with van der Waals surface area (Å²) in [6.45, 7) is 6.20. The van der Waals surface area contributed by atoms with Crippen LogP contribution in [-0.2, 0) is 0 Å². The molecule has 0 radical (unpaired) electrons. The fourth-order valence-electron chi connectivity index (χ4n) is 2.31. The monoisotopic (exact) mass is 256 g/mol. The van der Waals surface area contributed by atoms with Crippen LogP contribution in [0.5, 0.6) is 0 Å². The lowest BCUT2D eigenvalue weighted by Gasteiger charge is -2.21. The molecule has 0 saturated carbocycles. The van der Waals surface area contributed by atoms with Gasteiger partial charge in [0.25, 0.3) is 0 Å². The average Bonchev–Trinajstić information content (AvgIpc) is 2.34. The first-order valence-electron chi connectivity index (χ1n) is 6.90. The second-order valence-electron chi connectivity index (χ2n) is 6.24. The molecule has 4 N–H and O–H groups in total. The Hall–Kier alpha value is -1.38. The van der Waals surface area contributed by atoms with Crippen molar-refractivity contribution in [2.24, 2.45) is 11.5 Å². The van der Waals surface area contributed by atoms with Crippen molar-refractivity contribution in [2.45, 2.75) is 45.2 Å². The third-order valence-corrected chi connectivity index (χ3v) is 3.55. The molecular formula is C17H24N2. The number of nitrogens with two attached hydrogens (primary N) is 2. The summed E-state index contributed by atoms with van der Waals surface area (Å²) >= 11 is 0. The molecule has 1 unspecified atom stereocenters. The first-order chi connectivity index (χ1) is 8.85. The Morgan fingerprint density at radius 1 is 1.05 bits per heavy atom. The third kappa shape index (κ3) is 3.79. The van der Waals surface area contributed by atoms with E-state index in [2.05, 4.69) is 43.3 Å². The van der Waals surface area contributed by atoms with E-state index in [0.717, 1.165) is 12.8 Å². The van der Waals surface area contributed by atoms with Gasteiger partial charge in [-0.25, -0.2) is 0 Å². The SMILES string of the molecule is Cc1ccc2cc(C(N)CCC(C)(C)N)ccc2c1. The summed E-state index contributed by atoms with van der Waals surface area (Å²) in [7, 11) is 0. The van der Waals surface area contributed by atoms with Crippen molar-refractivity contribution in [2.75, 3.05) is 0 Å². The minimum absolute atomic E-state index is 0.0635. The largest absolute Gasteiger partial charge is 0.326 e. The van der Waals surface area contributed by atoms with Crippen LogP contribution >= 0.6 is 0 Å². The van der Waals surface area contributed by atoms with Crippen LogP contribution in [0.25, 0.3) is 10.8 Å². The van der Waals surface area contributed by atoms with Crippen LogP contribution in [0, 0.1) is 6.92 Å². The van der Waals surface area contributed by atoms with Gasteiger partial charge < -0.3 is 11.5 Å². The van der Waals surface area contributed by atoms with Gasteiger partial charge in [-0.2, -0.15) is 0 Å². The van der Waals surface area contributed by atoms with Crippen LogP contribution in [0.15, 0.2) is 36.4 Å². The van der Waals surface area contributed by atoms with Crippen LogP contribution in [0.3, 0.4) is 0 Å². The van der Waals surface area contributed by atoms with E-state index in [4.69, 9.17) is 11.5 Å². The summed E-state index contributed by atoms with van der Waals surface area (Å²) in [4.78, 5) is 0. The van der Waals surface area contributed by atoms with Gasteiger partial charge >= 0.3 is 0 Å². The molecule has 0 aromatic heterocycles. The van der Waals surface area contributed by atoms with Gasteiger partial charge in [-0.05, 0) is 56.0 Å². The highest BCUT2D eigenvalue weighted by Gasteiger charge is 2.14. The molecule has 2 rings (SSSR count). The van der Waals surface area contributed by atoms with Crippen molar-refractivity contribution >= 4 is 10.8 Å². The highest BCUT2D eigenvalue weighted by molar-refractivity contribution is 5.83. The molecule has 2 aromatic carbocycles. The molecule has 0 bridgehead atoms. The Labute approximate surface area is 115 Å². The van der Waals surface area contributed by atoms with E-state index in [1.54, 1.807) is 0 Å². The molecule has 0 aliphatic carbocycles. The van der Waals surface area contributed by atoms with Crippen molar-refractivity contribution in [3.8, 4) is 0 Å². The maximum Gasteiger partial charge on any atom is 0.0295 e. The van der Waals surface area contributed by atoms with E-state index in [1.165, 1.54) is 21.9 Å². The first-order valence-corrected chi connectivity index (χ1v) is 6.90. The van der Waals surface area contributed by atoms with Crippen molar-refractivity contribution in [3.05, 3.63) is 47.5 Å². The van der Waals surface area contributed by atoms with Gasteiger partial charge in [-0.15, -0.1) is 0 Å². The van der Waals surface area contributed by atoms with Crippen molar-refractivity contribution < 1.29 is 0 Å². The Balaban J connectivity index is 2.18. The van der Waals surface area contributed by atoms with Gasteiger partial charge in [0.15, 0.2) is 0 Å². The molecular weight excluding hydrogens is 232 g/mol. The highest BCUT2D eigenvalue weighted by Crippen LogP contribution is 2.24. The quantitative estimate of drug-likeness (QED) is 0.877. The smallest absolute Gasteiger partial charge is 0.0295 e. The first kappa shape index (κ1) is 14.0. The molecule has 102 valence electrons. The molecule has 0 saturated heterocycles. The van der Waals surface area contributed by atoms with Gasteiger partial charge in [-0.1, -0.05) is 35.9 Å². The number of benzene rings is 2. The molecule has 0 spiro atoms. The Kier molecular flexibility index (Phi) is 3.93. The average molecular weight is 256 g/mol. The Bertz CT molecular complexity index is 567. The number of rotatable bonds is 4. The summed E-state index contributed by atoms with van der Waals surface area (Å²) in [6.07, 6.45) is 1.85. The predicted octanol–water partition coefficient (Wildman–Crippen LogP) is 3.67. The van der Waals surface area contributed by atoms with Crippen molar-refractivity contribution in [1.29, 1.82) is 0 Å².